The molecule has 17 heavy (non-hydrogen) atoms. The Bertz CT molecular complexity index is 391. The molecule has 3 N–H and O–H groups in total. The second-order valence-electron chi connectivity index (χ2n) is 5.45. The maximum Gasteiger partial charge on any atom is 0.118 e. The first-order valence-corrected chi connectivity index (χ1v) is 5.91. The Morgan fingerprint density at radius 3 is 2.29 bits per heavy atom. The highest BCUT2D eigenvalue weighted by atomic mass is 16.3. The van der Waals surface area contributed by atoms with Crippen molar-refractivity contribution in [2.75, 3.05) is 6.61 Å². The van der Waals surface area contributed by atoms with Crippen LogP contribution in [0.3, 0.4) is 0 Å². The van der Waals surface area contributed by atoms with Crippen LogP contribution in [-0.4, -0.2) is 21.9 Å². The van der Waals surface area contributed by atoms with Crippen LogP contribution in [0.15, 0.2) is 12.1 Å². The lowest BCUT2D eigenvalue weighted by Crippen LogP contribution is -2.18. The number of hydrogen-bond donors (Lipinski definition) is 3. The van der Waals surface area contributed by atoms with Crippen molar-refractivity contribution in [2.24, 2.45) is 0 Å². The number of aliphatic hydroxyl groups excluding tert-OH is 2. The van der Waals surface area contributed by atoms with E-state index >= 15 is 0 Å². The number of aliphatic hydroxyl groups is 2. The molecule has 0 spiro atoms. The van der Waals surface area contributed by atoms with Crippen molar-refractivity contribution in [3.05, 3.63) is 28.8 Å². The Hall–Kier alpha value is -1.06. The Kier molecular flexibility index (Phi) is 4.17. The highest BCUT2D eigenvalue weighted by Crippen LogP contribution is 2.37. The van der Waals surface area contributed by atoms with E-state index < -0.39 is 6.10 Å². The van der Waals surface area contributed by atoms with E-state index in [1.807, 2.05) is 27.7 Å². The number of phenolic OH excluding ortho intramolecular Hbond substituents is 1. The lowest BCUT2D eigenvalue weighted by Gasteiger charge is -2.28. The van der Waals surface area contributed by atoms with Crippen LogP contribution in [0.25, 0.3) is 0 Å². The summed E-state index contributed by atoms with van der Waals surface area (Å²) in [5.41, 5.74) is 2.39. The molecule has 1 aromatic rings. The second kappa shape index (κ2) is 5.07. The molecule has 0 fully saturated rings. The summed E-state index contributed by atoms with van der Waals surface area (Å²) in [6.45, 7) is 7.94. The van der Waals surface area contributed by atoms with Gasteiger partial charge in [-0.15, -0.1) is 0 Å². The smallest absolute Gasteiger partial charge is 0.118 e. The number of hydrogen-bond acceptors (Lipinski definition) is 3. The molecule has 0 aliphatic rings. The quantitative estimate of drug-likeness (QED) is 0.758. The zero-order chi connectivity index (χ0) is 13.2. The van der Waals surface area contributed by atoms with Crippen LogP contribution in [0.2, 0.25) is 0 Å². The van der Waals surface area contributed by atoms with Gasteiger partial charge in [-0.3, -0.25) is 0 Å². The molecule has 0 saturated heterocycles. The van der Waals surface area contributed by atoms with Crippen LogP contribution >= 0.6 is 0 Å². The summed E-state index contributed by atoms with van der Waals surface area (Å²) in [6, 6.07) is 3.34. The van der Waals surface area contributed by atoms with Crippen LogP contribution in [0, 0.1) is 6.92 Å². The summed E-state index contributed by atoms with van der Waals surface area (Å²) < 4.78 is 0. The molecule has 0 heterocycles. The molecule has 0 saturated carbocycles. The fourth-order valence-electron chi connectivity index (χ4n) is 2.27. The fraction of sp³-hybridized carbons (Fsp3) is 0.571. The lowest BCUT2D eigenvalue weighted by atomic mass is 9.79. The number of aromatic hydroxyl groups is 1. The van der Waals surface area contributed by atoms with Crippen LogP contribution in [0.5, 0.6) is 5.75 Å². The summed E-state index contributed by atoms with van der Waals surface area (Å²) in [5, 5.41) is 28.7. The molecular weight excluding hydrogens is 216 g/mol. The van der Waals surface area contributed by atoms with Crippen molar-refractivity contribution in [1.82, 2.24) is 0 Å². The van der Waals surface area contributed by atoms with Gasteiger partial charge in [0.25, 0.3) is 0 Å². The normalized spacial score (nSPS) is 13.8. The van der Waals surface area contributed by atoms with Crippen molar-refractivity contribution >= 4 is 0 Å². The molecule has 0 amide bonds. The molecule has 1 rings (SSSR count). The van der Waals surface area contributed by atoms with Gasteiger partial charge in [0, 0.05) is 13.0 Å². The zero-order valence-corrected chi connectivity index (χ0v) is 11.0. The molecule has 0 radical (unpaired) electrons. The van der Waals surface area contributed by atoms with Gasteiger partial charge in [0.2, 0.25) is 0 Å². The van der Waals surface area contributed by atoms with Crippen LogP contribution in [0.4, 0.5) is 0 Å². The van der Waals surface area contributed by atoms with Gasteiger partial charge in [-0.05, 0) is 35.1 Å². The first kappa shape index (κ1) is 14.0. The van der Waals surface area contributed by atoms with Crippen molar-refractivity contribution in [3.63, 3.8) is 0 Å². The highest BCUT2D eigenvalue weighted by Gasteiger charge is 2.25. The summed E-state index contributed by atoms with van der Waals surface area (Å²) in [5.74, 6) is 0.245. The molecule has 1 unspecified atom stereocenters. The predicted octanol–water partition coefficient (Wildman–Crippen LogP) is 2.41. The Balaban J connectivity index is 3.35. The fourth-order valence-corrected chi connectivity index (χ4v) is 2.27. The summed E-state index contributed by atoms with van der Waals surface area (Å²) in [7, 11) is 0. The van der Waals surface area contributed by atoms with E-state index in [-0.39, 0.29) is 17.8 Å². The van der Waals surface area contributed by atoms with Gasteiger partial charge in [0.15, 0.2) is 0 Å². The van der Waals surface area contributed by atoms with Gasteiger partial charge in [0.1, 0.15) is 5.75 Å². The zero-order valence-electron chi connectivity index (χ0n) is 11.0. The SMILES string of the molecule is Cc1c(O)ccc(C(O)CCO)c1C(C)(C)C. The van der Waals surface area contributed by atoms with Crippen molar-refractivity contribution in [3.8, 4) is 5.75 Å². The Labute approximate surface area is 103 Å². The van der Waals surface area contributed by atoms with E-state index in [1.54, 1.807) is 12.1 Å². The Morgan fingerprint density at radius 2 is 1.82 bits per heavy atom. The largest absolute Gasteiger partial charge is 0.508 e. The lowest BCUT2D eigenvalue weighted by molar-refractivity contribution is 0.132. The average Bonchev–Trinajstić information content (AvgIpc) is 2.20. The molecule has 3 heteroatoms. The van der Waals surface area contributed by atoms with Crippen LogP contribution < -0.4 is 0 Å². The molecule has 96 valence electrons. The number of phenols is 1. The van der Waals surface area contributed by atoms with Crippen molar-refractivity contribution in [2.45, 2.75) is 45.6 Å². The summed E-state index contributed by atoms with van der Waals surface area (Å²) >= 11 is 0. The number of benzene rings is 1. The minimum absolute atomic E-state index is 0.0509. The standard InChI is InChI=1S/C14H22O3/c1-9-11(16)6-5-10(12(17)7-8-15)13(9)14(2,3)4/h5-6,12,15-17H,7-8H2,1-4H3. The second-order valence-corrected chi connectivity index (χ2v) is 5.45. The maximum absolute atomic E-state index is 10.0. The van der Waals surface area contributed by atoms with E-state index in [4.69, 9.17) is 5.11 Å². The molecule has 0 aliphatic heterocycles. The van der Waals surface area contributed by atoms with E-state index in [2.05, 4.69) is 0 Å². The summed E-state index contributed by atoms with van der Waals surface area (Å²) in [4.78, 5) is 0. The predicted molar refractivity (Wildman–Crippen MR) is 68.2 cm³/mol. The van der Waals surface area contributed by atoms with Gasteiger partial charge >= 0.3 is 0 Å². The first-order chi connectivity index (χ1) is 7.79. The molecule has 1 atom stereocenters. The van der Waals surface area contributed by atoms with E-state index in [0.29, 0.717) is 6.42 Å². The van der Waals surface area contributed by atoms with E-state index in [1.165, 1.54) is 0 Å². The molecule has 1 aromatic carbocycles. The molecule has 3 nitrogen and oxygen atoms in total. The molecule has 0 aromatic heterocycles. The maximum atomic E-state index is 10.0. The first-order valence-electron chi connectivity index (χ1n) is 5.91. The number of rotatable bonds is 3. The monoisotopic (exact) mass is 238 g/mol. The molecule has 0 bridgehead atoms. The minimum atomic E-state index is -0.687. The van der Waals surface area contributed by atoms with Gasteiger partial charge in [-0.2, -0.15) is 0 Å². The highest BCUT2D eigenvalue weighted by molar-refractivity contribution is 5.47. The van der Waals surface area contributed by atoms with Gasteiger partial charge in [0.05, 0.1) is 6.10 Å². The average molecular weight is 238 g/mol. The topological polar surface area (TPSA) is 60.7 Å². The van der Waals surface area contributed by atoms with E-state index in [0.717, 1.165) is 16.7 Å². The van der Waals surface area contributed by atoms with Crippen LogP contribution in [0.1, 0.15) is 50.0 Å². The van der Waals surface area contributed by atoms with Crippen molar-refractivity contribution in [1.29, 1.82) is 0 Å². The molecular formula is C14H22O3. The third kappa shape index (κ3) is 2.99. The third-order valence-electron chi connectivity index (χ3n) is 2.98. The molecule has 0 aliphatic carbocycles. The van der Waals surface area contributed by atoms with Gasteiger partial charge in [-0.25, -0.2) is 0 Å². The van der Waals surface area contributed by atoms with Gasteiger partial charge in [-0.1, -0.05) is 26.8 Å². The minimum Gasteiger partial charge on any atom is -0.508 e. The van der Waals surface area contributed by atoms with Crippen LogP contribution in [-0.2, 0) is 5.41 Å². The van der Waals surface area contributed by atoms with Crippen molar-refractivity contribution < 1.29 is 15.3 Å². The van der Waals surface area contributed by atoms with E-state index in [9.17, 15) is 10.2 Å². The Morgan fingerprint density at radius 1 is 1.24 bits per heavy atom. The third-order valence-corrected chi connectivity index (χ3v) is 2.98. The van der Waals surface area contributed by atoms with Gasteiger partial charge < -0.3 is 15.3 Å². The summed E-state index contributed by atoms with van der Waals surface area (Å²) in [6.07, 6.45) is -0.374.